The van der Waals surface area contributed by atoms with Crippen LogP contribution in [0.2, 0.25) is 0 Å². The minimum absolute atomic E-state index is 0.185. The summed E-state index contributed by atoms with van der Waals surface area (Å²) in [5.41, 5.74) is 0. The van der Waals surface area contributed by atoms with Crippen LogP contribution in [0.3, 0.4) is 0 Å². The van der Waals surface area contributed by atoms with E-state index in [0.29, 0.717) is 19.1 Å². The minimum Gasteiger partial charge on any atom is -0.462 e. The standard InChI is InChI=1S/C27H49NO5/c1-5-6-7-8-9-10-11-12-13-14-17-25(18-19-26(29)32-23(2)3)33-27(30)31-22-20-24-16-15-21-28(24)4/h23-25H,2-3,5-22H2,1,4H3. The number of rotatable bonds is 19. The van der Waals surface area contributed by atoms with Crippen LogP contribution in [0.4, 0.5) is 4.79 Å². The van der Waals surface area contributed by atoms with Crippen molar-refractivity contribution in [3.8, 4) is 0 Å². The van der Waals surface area contributed by atoms with Crippen LogP contribution < -0.4 is 0 Å². The number of likely N-dealkylation sites (tertiary alicyclic amines) is 1. The molecule has 1 heterocycles. The van der Waals surface area contributed by atoms with Crippen molar-refractivity contribution in [3.05, 3.63) is 13.8 Å². The summed E-state index contributed by atoms with van der Waals surface area (Å²) in [5.74, 6) is -0.362. The monoisotopic (exact) mass is 467 g/mol. The van der Waals surface area contributed by atoms with E-state index >= 15 is 0 Å². The zero-order valence-corrected chi connectivity index (χ0v) is 21.4. The van der Waals surface area contributed by atoms with Crippen molar-refractivity contribution >= 4 is 12.1 Å². The molecule has 0 saturated carbocycles. The van der Waals surface area contributed by atoms with E-state index in [1.807, 2.05) is 0 Å². The molecule has 0 amide bonds. The van der Waals surface area contributed by atoms with Gasteiger partial charge < -0.3 is 19.1 Å². The third-order valence-electron chi connectivity index (χ3n) is 6.45. The van der Waals surface area contributed by atoms with Crippen LogP contribution in [-0.2, 0) is 19.0 Å². The van der Waals surface area contributed by atoms with E-state index in [-0.39, 0.29) is 18.5 Å². The molecule has 1 fully saturated rings. The highest BCUT2D eigenvalue weighted by molar-refractivity contribution is 5.69. The normalized spacial score (nSPS) is 17.3. The van der Waals surface area contributed by atoms with E-state index in [1.54, 1.807) is 0 Å². The molecular formula is C27H49NO5. The highest BCUT2D eigenvalue weighted by atomic mass is 16.7. The molecule has 1 aliphatic rings. The summed E-state index contributed by atoms with van der Waals surface area (Å²) < 4.78 is 15.9. The minimum atomic E-state index is -0.631. The molecule has 0 aromatic carbocycles. The fourth-order valence-electron chi connectivity index (χ4n) is 4.44. The van der Waals surface area contributed by atoms with Gasteiger partial charge in [-0.25, -0.2) is 4.79 Å². The largest absolute Gasteiger partial charge is 0.508 e. The molecule has 2 atom stereocenters. The number of nitrogens with zero attached hydrogens (tertiary/aromatic N) is 1. The smallest absolute Gasteiger partial charge is 0.462 e. The van der Waals surface area contributed by atoms with Gasteiger partial charge in [-0.3, -0.25) is 4.79 Å². The van der Waals surface area contributed by atoms with Gasteiger partial charge in [-0.1, -0.05) is 64.7 Å². The maximum Gasteiger partial charge on any atom is 0.508 e. The molecule has 1 saturated heterocycles. The molecule has 0 aliphatic carbocycles. The van der Waals surface area contributed by atoms with Gasteiger partial charge in [0.2, 0.25) is 0 Å². The van der Waals surface area contributed by atoms with E-state index in [0.717, 1.165) is 38.6 Å². The second kappa shape index (κ2) is 19.1. The number of carbonyl (C=O) groups is 2. The Morgan fingerprint density at radius 1 is 0.939 bits per heavy atom. The van der Waals surface area contributed by atoms with Crippen LogP contribution in [0.5, 0.6) is 0 Å². The number of esters is 1. The van der Waals surface area contributed by atoms with Crippen molar-refractivity contribution in [2.75, 3.05) is 20.2 Å². The number of unbranched alkanes of at least 4 members (excludes halogenated alkanes) is 9. The number of hydrogen-bond acceptors (Lipinski definition) is 6. The molecule has 1 aliphatic heterocycles. The van der Waals surface area contributed by atoms with E-state index in [1.165, 1.54) is 57.8 Å². The van der Waals surface area contributed by atoms with Gasteiger partial charge in [0, 0.05) is 12.5 Å². The lowest BCUT2D eigenvalue weighted by Gasteiger charge is -2.20. The van der Waals surface area contributed by atoms with E-state index < -0.39 is 12.3 Å². The summed E-state index contributed by atoms with van der Waals surface area (Å²) in [7, 11) is 2.11. The summed E-state index contributed by atoms with van der Waals surface area (Å²) in [6.07, 6.45) is 15.5. The molecule has 192 valence electrons. The molecule has 1 rings (SSSR count). The van der Waals surface area contributed by atoms with Crippen LogP contribution in [-0.4, -0.2) is 55.5 Å². The number of hydrogen-bond donors (Lipinski definition) is 0. The first-order chi connectivity index (χ1) is 15.9. The molecule has 2 unspecified atom stereocenters. The molecule has 0 bridgehead atoms. The van der Waals surface area contributed by atoms with Gasteiger partial charge in [-0.15, -0.1) is 0 Å². The Kier molecular flexibility index (Phi) is 17.2. The first-order valence-electron chi connectivity index (χ1n) is 13.3. The predicted octanol–water partition coefficient (Wildman–Crippen LogP) is 6.66. The van der Waals surface area contributed by atoms with Gasteiger partial charge in [-0.05, 0) is 66.0 Å². The Balaban J connectivity index is 2.26. The van der Waals surface area contributed by atoms with Crippen molar-refractivity contribution in [2.24, 2.45) is 0 Å². The van der Waals surface area contributed by atoms with Crippen LogP contribution >= 0.6 is 0 Å². The summed E-state index contributed by atoms with van der Waals surface area (Å²) in [6.45, 7) is 10.9. The van der Waals surface area contributed by atoms with Gasteiger partial charge >= 0.3 is 12.1 Å². The van der Waals surface area contributed by atoms with Gasteiger partial charge in [0.05, 0.1) is 6.61 Å². The maximum absolute atomic E-state index is 12.2. The summed E-state index contributed by atoms with van der Waals surface area (Å²) >= 11 is 0. The Labute approximate surface area is 203 Å². The zero-order chi connectivity index (χ0) is 24.3. The molecule has 6 heteroatoms. The lowest BCUT2D eigenvalue weighted by molar-refractivity contribution is -0.146. The quantitative estimate of drug-likeness (QED) is 0.156. The third-order valence-corrected chi connectivity index (χ3v) is 6.45. The molecule has 6 nitrogen and oxygen atoms in total. The van der Waals surface area contributed by atoms with E-state index in [4.69, 9.17) is 14.2 Å². The van der Waals surface area contributed by atoms with E-state index in [2.05, 4.69) is 32.7 Å². The van der Waals surface area contributed by atoms with Crippen molar-refractivity contribution in [1.82, 2.24) is 4.90 Å². The van der Waals surface area contributed by atoms with Crippen molar-refractivity contribution in [3.63, 3.8) is 0 Å². The molecule has 33 heavy (non-hydrogen) atoms. The Bertz CT molecular complexity index is 511. The first kappa shape index (κ1) is 29.7. The lowest BCUT2D eigenvalue weighted by Crippen LogP contribution is -2.27. The molecular weight excluding hydrogens is 418 g/mol. The van der Waals surface area contributed by atoms with Crippen LogP contribution in [0.25, 0.3) is 0 Å². The van der Waals surface area contributed by atoms with Gasteiger partial charge in [0.15, 0.2) is 0 Å². The van der Waals surface area contributed by atoms with Crippen LogP contribution in [0, 0.1) is 13.8 Å². The van der Waals surface area contributed by atoms with Crippen molar-refractivity contribution in [2.45, 2.75) is 128 Å². The second-order valence-electron chi connectivity index (χ2n) is 9.52. The molecule has 0 spiro atoms. The van der Waals surface area contributed by atoms with Crippen LogP contribution in [0.1, 0.15) is 110 Å². The second-order valence-corrected chi connectivity index (χ2v) is 9.52. The highest BCUT2D eigenvalue weighted by Crippen LogP contribution is 2.19. The molecule has 2 radical (unpaired) electrons. The summed E-state index contributed by atoms with van der Waals surface area (Å²) in [4.78, 5) is 26.4. The first-order valence-corrected chi connectivity index (χ1v) is 13.3. The van der Waals surface area contributed by atoms with E-state index in [9.17, 15) is 9.59 Å². The number of carbonyl (C=O) groups excluding carboxylic acids is 2. The fourth-order valence-corrected chi connectivity index (χ4v) is 4.44. The molecule has 0 aromatic rings. The maximum atomic E-state index is 12.2. The Morgan fingerprint density at radius 2 is 1.58 bits per heavy atom. The van der Waals surface area contributed by atoms with Crippen molar-refractivity contribution < 1.29 is 23.8 Å². The summed E-state index contributed by atoms with van der Waals surface area (Å²) in [6, 6.07) is 0.480. The highest BCUT2D eigenvalue weighted by Gasteiger charge is 2.22. The Hall–Kier alpha value is -1.30. The summed E-state index contributed by atoms with van der Waals surface area (Å²) in [5, 5.41) is 0. The molecule has 0 aromatic heterocycles. The topological polar surface area (TPSA) is 65.1 Å². The third kappa shape index (κ3) is 16.0. The molecule has 0 N–H and O–H groups in total. The van der Waals surface area contributed by atoms with Crippen molar-refractivity contribution in [1.29, 1.82) is 0 Å². The van der Waals surface area contributed by atoms with Gasteiger partial charge in [0.25, 0.3) is 0 Å². The predicted molar refractivity (Wildman–Crippen MR) is 133 cm³/mol. The van der Waals surface area contributed by atoms with Gasteiger partial charge in [-0.2, -0.15) is 0 Å². The SMILES string of the molecule is [CH2]C([CH2])OC(=O)CCC(CCCCCCCCCCCC)OC(=O)OCCC1CCCN1C. The Morgan fingerprint density at radius 3 is 2.15 bits per heavy atom. The zero-order valence-electron chi connectivity index (χ0n) is 21.4. The fraction of sp³-hybridized carbons (Fsp3) is 0.852. The van der Waals surface area contributed by atoms with Crippen LogP contribution in [0.15, 0.2) is 0 Å². The van der Waals surface area contributed by atoms with Gasteiger partial charge in [0.1, 0.15) is 12.2 Å². The average Bonchev–Trinajstić information content (AvgIpc) is 3.17. The lowest BCUT2D eigenvalue weighted by atomic mass is 10.0. The average molecular weight is 468 g/mol. The number of ether oxygens (including phenoxy) is 3.